The van der Waals surface area contributed by atoms with Crippen LogP contribution in [0.15, 0.2) is 0 Å². The summed E-state index contributed by atoms with van der Waals surface area (Å²) in [4.78, 5) is 23.0. The van der Waals surface area contributed by atoms with Crippen molar-refractivity contribution in [1.82, 2.24) is 9.97 Å². The van der Waals surface area contributed by atoms with Crippen molar-refractivity contribution < 1.29 is 14.3 Å². The summed E-state index contributed by atoms with van der Waals surface area (Å²) in [7, 11) is 0. The fraction of sp³-hybridized carbons (Fsp3) is 0.750. The highest BCUT2D eigenvalue weighted by Gasteiger charge is 2.32. The molecule has 1 saturated heterocycles. The monoisotopic (exact) mass is 376 g/mol. The van der Waals surface area contributed by atoms with Crippen LogP contribution in [0.5, 0.6) is 6.01 Å². The van der Waals surface area contributed by atoms with Crippen LogP contribution in [0, 0.1) is 5.92 Å². The van der Waals surface area contributed by atoms with Crippen molar-refractivity contribution >= 4 is 17.5 Å². The zero-order chi connectivity index (χ0) is 19.2. The lowest BCUT2D eigenvalue weighted by Gasteiger charge is -2.22. The van der Waals surface area contributed by atoms with Crippen molar-refractivity contribution in [2.24, 2.45) is 5.92 Å². The summed E-state index contributed by atoms with van der Waals surface area (Å²) in [6.45, 7) is 6.55. The molecule has 1 amide bonds. The number of nitrogen functional groups attached to an aromatic ring is 1. The molecule has 7 heteroatoms. The van der Waals surface area contributed by atoms with E-state index in [1.165, 1.54) is 6.42 Å². The highest BCUT2D eigenvalue weighted by molar-refractivity contribution is 6.01. The van der Waals surface area contributed by atoms with Gasteiger partial charge in [0, 0.05) is 25.3 Å². The second-order valence-corrected chi connectivity index (χ2v) is 7.71. The zero-order valence-corrected chi connectivity index (χ0v) is 16.6. The average Bonchev–Trinajstić information content (AvgIpc) is 2.96. The fourth-order valence-electron chi connectivity index (χ4n) is 3.89. The number of unbranched alkanes of at least 4 members (excludes halogenated alkanes) is 1. The standard InChI is InChI=1S/C20H32N4O3/c1-3-7-14(2)27-20-22-18(21)16-12-17(25)24(19(16)23-20)10-5-4-8-15-9-6-11-26-13-15/h14-15H,3-13H2,1-2H3,(H2,21,22,23)/t14-,15?/m1/s1. The van der Waals surface area contributed by atoms with Crippen molar-refractivity contribution in [2.45, 2.75) is 71.3 Å². The van der Waals surface area contributed by atoms with Crippen molar-refractivity contribution in [1.29, 1.82) is 0 Å². The van der Waals surface area contributed by atoms with Gasteiger partial charge in [0.15, 0.2) is 0 Å². The summed E-state index contributed by atoms with van der Waals surface area (Å²) in [6, 6.07) is 0.270. The molecular formula is C20H32N4O3. The van der Waals surface area contributed by atoms with E-state index in [4.69, 9.17) is 15.2 Å². The minimum Gasteiger partial charge on any atom is -0.460 e. The number of hydrogen-bond acceptors (Lipinski definition) is 6. The highest BCUT2D eigenvalue weighted by Crippen LogP contribution is 2.32. The maximum absolute atomic E-state index is 12.5. The van der Waals surface area contributed by atoms with Gasteiger partial charge in [-0.15, -0.1) is 0 Å². The van der Waals surface area contributed by atoms with Crippen LogP contribution in [0.4, 0.5) is 11.6 Å². The third kappa shape index (κ3) is 5.09. The molecule has 2 N–H and O–H groups in total. The van der Waals surface area contributed by atoms with E-state index >= 15 is 0 Å². The molecule has 1 aromatic heterocycles. The number of hydrogen-bond donors (Lipinski definition) is 1. The Labute approximate surface area is 161 Å². The molecule has 0 radical (unpaired) electrons. The fourth-order valence-corrected chi connectivity index (χ4v) is 3.89. The van der Waals surface area contributed by atoms with Gasteiger partial charge in [0.1, 0.15) is 11.6 Å². The number of carbonyl (C=O) groups is 1. The first-order valence-electron chi connectivity index (χ1n) is 10.3. The lowest BCUT2D eigenvalue weighted by molar-refractivity contribution is -0.117. The first kappa shape index (κ1) is 19.9. The lowest BCUT2D eigenvalue weighted by Crippen LogP contribution is -2.28. The third-order valence-corrected chi connectivity index (χ3v) is 5.38. The van der Waals surface area contributed by atoms with Crippen molar-refractivity contribution in [2.75, 3.05) is 30.4 Å². The van der Waals surface area contributed by atoms with Gasteiger partial charge in [-0.2, -0.15) is 9.97 Å². The van der Waals surface area contributed by atoms with Crippen LogP contribution in [0.3, 0.4) is 0 Å². The van der Waals surface area contributed by atoms with Crippen LogP contribution in [-0.4, -0.2) is 41.7 Å². The molecule has 3 rings (SSSR count). The molecule has 0 aliphatic carbocycles. The third-order valence-electron chi connectivity index (χ3n) is 5.38. The summed E-state index contributed by atoms with van der Waals surface area (Å²) in [6.07, 6.45) is 7.87. The Kier molecular flexibility index (Phi) is 6.88. The summed E-state index contributed by atoms with van der Waals surface area (Å²) in [5.74, 6) is 1.70. The molecule has 0 aromatic carbocycles. The van der Waals surface area contributed by atoms with Crippen LogP contribution in [0.25, 0.3) is 0 Å². The maximum atomic E-state index is 12.5. The van der Waals surface area contributed by atoms with Crippen LogP contribution in [-0.2, 0) is 16.0 Å². The van der Waals surface area contributed by atoms with Crippen LogP contribution in [0.1, 0.15) is 64.4 Å². The number of nitrogens with two attached hydrogens (primary N) is 1. The Morgan fingerprint density at radius 2 is 2.22 bits per heavy atom. The SMILES string of the molecule is CCC[C@@H](C)Oc1nc(N)c2c(n1)N(CCCCC1CCCOC1)C(=O)C2. The van der Waals surface area contributed by atoms with Crippen molar-refractivity contribution in [3.05, 3.63) is 5.56 Å². The van der Waals surface area contributed by atoms with Crippen LogP contribution >= 0.6 is 0 Å². The molecule has 3 heterocycles. The van der Waals surface area contributed by atoms with Gasteiger partial charge in [-0.25, -0.2) is 0 Å². The molecule has 7 nitrogen and oxygen atoms in total. The molecule has 2 aliphatic heterocycles. The second-order valence-electron chi connectivity index (χ2n) is 7.71. The first-order valence-corrected chi connectivity index (χ1v) is 10.3. The smallest absolute Gasteiger partial charge is 0.320 e. The number of ether oxygens (including phenoxy) is 2. The molecule has 0 bridgehead atoms. The summed E-state index contributed by atoms with van der Waals surface area (Å²) in [5.41, 5.74) is 6.81. The van der Waals surface area contributed by atoms with Gasteiger partial charge in [0.2, 0.25) is 5.91 Å². The predicted octanol–water partition coefficient (Wildman–Crippen LogP) is 3.11. The Morgan fingerprint density at radius 1 is 1.37 bits per heavy atom. The van der Waals surface area contributed by atoms with Gasteiger partial charge >= 0.3 is 6.01 Å². The molecule has 1 aromatic rings. The van der Waals surface area contributed by atoms with E-state index in [2.05, 4.69) is 16.9 Å². The summed E-state index contributed by atoms with van der Waals surface area (Å²) >= 11 is 0. The molecular weight excluding hydrogens is 344 g/mol. The Morgan fingerprint density at radius 3 is 2.96 bits per heavy atom. The van der Waals surface area contributed by atoms with Gasteiger partial charge in [-0.1, -0.05) is 19.8 Å². The molecule has 2 aliphatic rings. The van der Waals surface area contributed by atoms with E-state index < -0.39 is 0 Å². The number of fused-ring (bicyclic) bond motifs is 1. The number of aromatic nitrogens is 2. The lowest BCUT2D eigenvalue weighted by atomic mass is 9.96. The average molecular weight is 377 g/mol. The zero-order valence-electron chi connectivity index (χ0n) is 16.6. The van der Waals surface area contributed by atoms with Gasteiger partial charge < -0.3 is 15.2 Å². The largest absolute Gasteiger partial charge is 0.460 e. The number of carbonyl (C=O) groups excluding carboxylic acids is 1. The quantitative estimate of drug-likeness (QED) is 0.666. The van der Waals surface area contributed by atoms with Crippen molar-refractivity contribution in [3.8, 4) is 6.01 Å². The molecule has 1 unspecified atom stereocenters. The molecule has 2 atom stereocenters. The van der Waals surface area contributed by atoms with E-state index in [1.54, 1.807) is 4.90 Å². The molecule has 27 heavy (non-hydrogen) atoms. The second kappa shape index (κ2) is 9.35. The maximum Gasteiger partial charge on any atom is 0.320 e. The molecule has 150 valence electrons. The molecule has 0 saturated carbocycles. The van der Waals surface area contributed by atoms with E-state index in [-0.39, 0.29) is 24.4 Å². The number of rotatable bonds is 9. The minimum atomic E-state index is 0.0238. The highest BCUT2D eigenvalue weighted by atomic mass is 16.5. The number of anilines is 2. The predicted molar refractivity (Wildman–Crippen MR) is 105 cm³/mol. The van der Waals surface area contributed by atoms with Gasteiger partial charge in [0.25, 0.3) is 0 Å². The number of nitrogens with zero attached hydrogens (tertiary/aromatic N) is 3. The summed E-state index contributed by atoms with van der Waals surface area (Å²) < 4.78 is 11.3. The van der Waals surface area contributed by atoms with Crippen molar-refractivity contribution in [3.63, 3.8) is 0 Å². The number of amides is 1. The van der Waals surface area contributed by atoms with Crippen LogP contribution < -0.4 is 15.4 Å². The minimum absolute atomic E-state index is 0.0238. The van der Waals surface area contributed by atoms with Crippen LogP contribution in [0.2, 0.25) is 0 Å². The topological polar surface area (TPSA) is 90.6 Å². The molecule has 1 fully saturated rings. The van der Waals surface area contributed by atoms with E-state index in [0.29, 0.717) is 24.1 Å². The first-order chi connectivity index (χ1) is 13.1. The van der Waals surface area contributed by atoms with E-state index in [9.17, 15) is 4.79 Å². The Hall–Kier alpha value is -1.89. The van der Waals surface area contributed by atoms with Gasteiger partial charge in [-0.3, -0.25) is 9.69 Å². The van der Waals surface area contributed by atoms with Gasteiger partial charge in [-0.05, 0) is 44.9 Å². The van der Waals surface area contributed by atoms with Gasteiger partial charge in [0.05, 0.1) is 12.5 Å². The van der Waals surface area contributed by atoms with E-state index in [1.807, 2.05) is 6.92 Å². The normalized spacial score (nSPS) is 20.6. The summed E-state index contributed by atoms with van der Waals surface area (Å²) in [5, 5.41) is 0. The molecule has 0 spiro atoms. The Balaban J connectivity index is 1.59. The van der Waals surface area contributed by atoms with E-state index in [0.717, 1.165) is 57.3 Å². The Bertz CT molecular complexity index is 646.